The van der Waals surface area contributed by atoms with Crippen LogP contribution < -0.4 is 0 Å². The molecule has 0 radical (unpaired) electrons. The van der Waals surface area contributed by atoms with E-state index in [2.05, 4.69) is 23.6 Å². The van der Waals surface area contributed by atoms with Crippen molar-refractivity contribution in [3.63, 3.8) is 0 Å². The molecule has 0 aromatic rings. The number of likely N-dealkylation sites (N-methyl/N-ethyl adjacent to an activating group) is 1. The Balaban J connectivity index is 1.95. The van der Waals surface area contributed by atoms with Crippen molar-refractivity contribution in [1.82, 2.24) is 14.7 Å². The summed E-state index contributed by atoms with van der Waals surface area (Å²) in [5, 5.41) is 0. The Kier molecular flexibility index (Phi) is 4.85. The number of nitrogens with zero attached hydrogens (tertiary/aromatic N) is 3. The van der Waals surface area contributed by atoms with Gasteiger partial charge in [0.1, 0.15) is 0 Å². The van der Waals surface area contributed by atoms with Crippen LogP contribution in [0.5, 0.6) is 0 Å². The molecule has 3 atom stereocenters. The van der Waals surface area contributed by atoms with Crippen LogP contribution in [0.3, 0.4) is 0 Å². The molecule has 2 rings (SSSR count). The predicted molar refractivity (Wildman–Crippen MR) is 78.2 cm³/mol. The number of piperazine rings is 1. The zero-order valence-electron chi connectivity index (χ0n) is 12.9. The first kappa shape index (κ1) is 14.8. The first-order valence-electron chi connectivity index (χ1n) is 7.72. The molecule has 0 aromatic carbocycles. The van der Waals surface area contributed by atoms with E-state index in [1.54, 1.807) is 0 Å². The van der Waals surface area contributed by atoms with E-state index in [-0.39, 0.29) is 0 Å². The molecule has 0 N–H and O–H groups in total. The van der Waals surface area contributed by atoms with Crippen molar-refractivity contribution in [3.05, 3.63) is 0 Å². The summed E-state index contributed by atoms with van der Waals surface area (Å²) in [7, 11) is 3.93. The third-order valence-corrected chi connectivity index (χ3v) is 4.56. The fourth-order valence-electron chi connectivity index (χ4n) is 3.80. The van der Waals surface area contributed by atoms with E-state index in [1.165, 1.54) is 25.7 Å². The summed E-state index contributed by atoms with van der Waals surface area (Å²) < 4.78 is 0. The predicted octanol–water partition coefficient (Wildman–Crippen LogP) is 1.41. The molecule has 2 heterocycles. The van der Waals surface area contributed by atoms with Crippen molar-refractivity contribution in [2.75, 3.05) is 33.7 Å². The number of hydrogen-bond donors (Lipinski definition) is 0. The maximum Gasteiger partial charge on any atom is 0.236 e. The van der Waals surface area contributed by atoms with Crippen LogP contribution in [-0.2, 0) is 4.79 Å². The van der Waals surface area contributed by atoms with Crippen molar-refractivity contribution in [2.24, 2.45) is 0 Å². The molecule has 0 aromatic heterocycles. The first-order valence-corrected chi connectivity index (χ1v) is 7.72. The minimum atomic E-state index is 0.296. The van der Waals surface area contributed by atoms with Crippen LogP contribution in [0.15, 0.2) is 0 Å². The zero-order valence-corrected chi connectivity index (χ0v) is 12.9. The van der Waals surface area contributed by atoms with Crippen molar-refractivity contribution in [2.45, 2.75) is 57.7 Å². The van der Waals surface area contributed by atoms with Gasteiger partial charge in [-0.2, -0.15) is 0 Å². The Morgan fingerprint density at radius 2 is 1.84 bits per heavy atom. The fourth-order valence-corrected chi connectivity index (χ4v) is 3.80. The van der Waals surface area contributed by atoms with Crippen LogP contribution in [0.25, 0.3) is 0 Å². The minimum Gasteiger partial charge on any atom is -0.338 e. The Morgan fingerprint density at radius 3 is 2.32 bits per heavy atom. The van der Waals surface area contributed by atoms with Crippen LogP contribution in [-0.4, -0.2) is 72.5 Å². The van der Waals surface area contributed by atoms with Crippen LogP contribution in [0.1, 0.15) is 39.5 Å². The molecule has 4 heteroatoms. The van der Waals surface area contributed by atoms with Gasteiger partial charge in [-0.3, -0.25) is 9.69 Å². The summed E-state index contributed by atoms with van der Waals surface area (Å²) >= 11 is 0. The number of fused-ring (bicyclic) bond motifs is 2. The molecule has 2 aliphatic rings. The number of likely N-dealkylation sites (tertiary alicyclic amines) is 1. The highest BCUT2D eigenvalue weighted by molar-refractivity contribution is 5.78. The van der Waals surface area contributed by atoms with E-state index in [1.807, 2.05) is 19.0 Å². The van der Waals surface area contributed by atoms with Gasteiger partial charge in [0.2, 0.25) is 5.91 Å². The van der Waals surface area contributed by atoms with Gasteiger partial charge in [0.25, 0.3) is 0 Å². The quantitative estimate of drug-likeness (QED) is 0.753. The minimum absolute atomic E-state index is 0.296. The van der Waals surface area contributed by atoms with Crippen LogP contribution >= 0.6 is 0 Å². The third kappa shape index (κ3) is 3.29. The van der Waals surface area contributed by atoms with Gasteiger partial charge in [-0.25, -0.2) is 0 Å². The lowest BCUT2D eigenvalue weighted by Gasteiger charge is -2.44. The van der Waals surface area contributed by atoms with E-state index in [0.717, 1.165) is 13.1 Å². The molecule has 0 saturated carbocycles. The summed E-state index contributed by atoms with van der Waals surface area (Å²) in [6, 6.07) is 1.88. The normalized spacial score (nSPS) is 29.0. The highest BCUT2D eigenvalue weighted by Gasteiger charge is 2.42. The monoisotopic (exact) mass is 267 g/mol. The number of amides is 1. The molecular formula is C15H29N3O. The van der Waals surface area contributed by atoms with Gasteiger partial charge in [-0.05, 0) is 40.3 Å². The molecule has 0 spiro atoms. The molecule has 3 unspecified atom stereocenters. The standard InChI is InChI=1S/C15H29N3O/c1-5-6-12(2)18-13-7-8-14(18)10-17(9-13)15(19)11-16(3)4/h12-14H,5-11H2,1-4H3. The lowest BCUT2D eigenvalue weighted by Crippen LogP contribution is -2.58. The number of carbonyl (C=O) groups is 1. The van der Waals surface area contributed by atoms with E-state index in [0.29, 0.717) is 30.6 Å². The van der Waals surface area contributed by atoms with Gasteiger partial charge in [-0.15, -0.1) is 0 Å². The van der Waals surface area contributed by atoms with Crippen LogP contribution in [0.4, 0.5) is 0 Å². The lowest BCUT2D eigenvalue weighted by atomic mass is 10.1. The second-order valence-electron chi connectivity index (χ2n) is 6.51. The molecular weight excluding hydrogens is 238 g/mol. The largest absolute Gasteiger partial charge is 0.338 e. The number of rotatable bonds is 5. The summed E-state index contributed by atoms with van der Waals surface area (Å²) in [6.45, 7) is 7.04. The van der Waals surface area contributed by atoms with Gasteiger partial charge < -0.3 is 9.80 Å². The summed E-state index contributed by atoms with van der Waals surface area (Å²) in [5.41, 5.74) is 0. The smallest absolute Gasteiger partial charge is 0.236 e. The van der Waals surface area contributed by atoms with E-state index < -0.39 is 0 Å². The molecule has 2 aliphatic heterocycles. The van der Waals surface area contributed by atoms with Gasteiger partial charge in [0, 0.05) is 31.2 Å². The average molecular weight is 267 g/mol. The maximum atomic E-state index is 12.2. The number of hydrogen-bond acceptors (Lipinski definition) is 3. The van der Waals surface area contributed by atoms with Crippen LogP contribution in [0, 0.1) is 0 Å². The van der Waals surface area contributed by atoms with E-state index in [4.69, 9.17) is 0 Å². The van der Waals surface area contributed by atoms with Gasteiger partial charge in [-0.1, -0.05) is 13.3 Å². The topological polar surface area (TPSA) is 26.8 Å². The second-order valence-corrected chi connectivity index (χ2v) is 6.51. The maximum absolute atomic E-state index is 12.2. The lowest BCUT2D eigenvalue weighted by molar-refractivity contribution is -0.135. The summed E-state index contributed by atoms with van der Waals surface area (Å²) in [6.07, 6.45) is 5.06. The summed E-state index contributed by atoms with van der Waals surface area (Å²) in [4.78, 5) is 19.0. The summed E-state index contributed by atoms with van der Waals surface area (Å²) in [5.74, 6) is 0.296. The van der Waals surface area contributed by atoms with Gasteiger partial charge in [0.15, 0.2) is 0 Å². The Bertz CT molecular complexity index is 305. The van der Waals surface area contributed by atoms with Crippen LogP contribution in [0.2, 0.25) is 0 Å². The van der Waals surface area contributed by atoms with E-state index in [9.17, 15) is 4.79 Å². The Labute approximate surface area is 117 Å². The third-order valence-electron chi connectivity index (χ3n) is 4.56. The molecule has 4 nitrogen and oxygen atoms in total. The first-order chi connectivity index (χ1) is 9.02. The molecule has 110 valence electrons. The van der Waals surface area contributed by atoms with Gasteiger partial charge >= 0.3 is 0 Å². The zero-order chi connectivity index (χ0) is 14.0. The van der Waals surface area contributed by atoms with Crippen molar-refractivity contribution in [1.29, 1.82) is 0 Å². The van der Waals surface area contributed by atoms with Crippen molar-refractivity contribution >= 4 is 5.91 Å². The highest BCUT2D eigenvalue weighted by Crippen LogP contribution is 2.33. The van der Waals surface area contributed by atoms with Crippen molar-refractivity contribution < 1.29 is 4.79 Å². The SMILES string of the molecule is CCCC(C)N1C2CCC1CN(C(=O)CN(C)C)C2. The van der Waals surface area contributed by atoms with E-state index >= 15 is 0 Å². The molecule has 1 amide bonds. The number of carbonyl (C=O) groups excluding carboxylic acids is 1. The second kappa shape index (κ2) is 6.23. The molecule has 2 saturated heterocycles. The van der Waals surface area contributed by atoms with Crippen molar-refractivity contribution in [3.8, 4) is 0 Å². The van der Waals surface area contributed by atoms with Gasteiger partial charge in [0.05, 0.1) is 6.54 Å². The Morgan fingerprint density at radius 1 is 1.26 bits per heavy atom. The average Bonchev–Trinajstić information content (AvgIpc) is 2.59. The molecule has 19 heavy (non-hydrogen) atoms. The highest BCUT2D eigenvalue weighted by atomic mass is 16.2. The molecule has 0 aliphatic carbocycles. The fraction of sp³-hybridized carbons (Fsp3) is 0.933. The molecule has 2 fully saturated rings. The Hall–Kier alpha value is -0.610. The molecule has 2 bridgehead atoms.